The van der Waals surface area contributed by atoms with Gasteiger partial charge in [0.2, 0.25) is 0 Å². The van der Waals surface area contributed by atoms with E-state index in [1.165, 1.54) is 0 Å². The summed E-state index contributed by atoms with van der Waals surface area (Å²) in [6.45, 7) is 15.4. The topological polar surface area (TPSA) is 89.0 Å². The fraction of sp³-hybridized carbons (Fsp3) is 0.500. The van der Waals surface area contributed by atoms with Crippen LogP contribution in [-0.2, 0) is 14.9 Å². The number of methoxy groups -OCH3 is 1. The van der Waals surface area contributed by atoms with Gasteiger partial charge < -0.3 is 19.5 Å². The first-order valence-corrected chi connectivity index (χ1v) is 12.8. The number of rotatable bonds is 8. The van der Waals surface area contributed by atoms with Crippen LogP contribution in [0.25, 0.3) is 0 Å². The smallest absolute Gasteiger partial charge is 0.337 e. The molecule has 0 saturated carbocycles. The van der Waals surface area contributed by atoms with E-state index in [-0.39, 0.29) is 36.0 Å². The van der Waals surface area contributed by atoms with E-state index in [0.29, 0.717) is 23.4 Å². The van der Waals surface area contributed by atoms with E-state index in [2.05, 4.69) is 32.3 Å². The molecule has 7 nitrogen and oxygen atoms in total. The van der Waals surface area contributed by atoms with Gasteiger partial charge in [-0.3, -0.25) is 9.78 Å². The number of carbonyl (C=O) groups is 2. The molecule has 7 heteroatoms. The number of amides is 1. The van der Waals surface area contributed by atoms with Crippen LogP contribution >= 0.6 is 0 Å². The lowest BCUT2D eigenvalue weighted by molar-refractivity contribution is -0.152. The Labute approximate surface area is 220 Å². The SMILES string of the molecule is C=C(C)OC(=O)[C@]1(CC(C)C)C[C@@H](CO)[C@H](c2ccccn2)N1C(=O)c1ccc(C(C)(C)C)c(OC)c1. The van der Waals surface area contributed by atoms with Gasteiger partial charge in [0.1, 0.15) is 11.3 Å². The summed E-state index contributed by atoms with van der Waals surface area (Å²) in [6.07, 6.45) is 2.27. The molecule has 1 aromatic carbocycles. The molecule has 1 aliphatic rings. The zero-order chi connectivity index (χ0) is 27.5. The quantitative estimate of drug-likeness (QED) is 0.377. The Morgan fingerprint density at radius 1 is 1.24 bits per heavy atom. The maximum atomic E-state index is 14.4. The third-order valence-electron chi connectivity index (χ3n) is 6.88. The normalized spacial score (nSPS) is 21.7. The number of carbonyl (C=O) groups excluding carboxylic acids is 2. The summed E-state index contributed by atoms with van der Waals surface area (Å²) < 4.78 is 11.3. The molecule has 37 heavy (non-hydrogen) atoms. The van der Waals surface area contributed by atoms with Crippen molar-refractivity contribution in [1.82, 2.24) is 9.88 Å². The van der Waals surface area contributed by atoms with Crippen LogP contribution in [0, 0.1) is 11.8 Å². The van der Waals surface area contributed by atoms with Crippen molar-refractivity contribution in [2.45, 2.75) is 71.4 Å². The highest BCUT2D eigenvalue weighted by atomic mass is 16.5. The standard InChI is InChI=1S/C30H40N2O5/c1-19(2)16-30(28(35)37-20(3)4)17-22(18-33)26(24-11-9-10-14-31-24)32(30)27(34)21-12-13-23(29(5,6)7)25(15-21)36-8/h9-15,19,22,26,33H,3,16-18H2,1-2,4-8H3/t22-,26+,30-/m0/s1. The van der Waals surface area contributed by atoms with E-state index >= 15 is 0 Å². The highest BCUT2D eigenvalue weighted by Gasteiger charge is 2.60. The van der Waals surface area contributed by atoms with Crippen LogP contribution in [0.2, 0.25) is 0 Å². The number of hydrogen-bond donors (Lipinski definition) is 1. The van der Waals surface area contributed by atoms with Gasteiger partial charge in [0.25, 0.3) is 5.91 Å². The van der Waals surface area contributed by atoms with Crippen LogP contribution in [-0.4, -0.2) is 46.1 Å². The Morgan fingerprint density at radius 2 is 1.95 bits per heavy atom. The van der Waals surface area contributed by atoms with Gasteiger partial charge in [0.05, 0.1) is 24.6 Å². The largest absolute Gasteiger partial charge is 0.496 e. The zero-order valence-corrected chi connectivity index (χ0v) is 23.1. The summed E-state index contributed by atoms with van der Waals surface area (Å²) in [5.41, 5.74) is 0.474. The second-order valence-electron chi connectivity index (χ2n) is 11.4. The van der Waals surface area contributed by atoms with E-state index in [1.807, 2.05) is 32.0 Å². The molecule has 2 heterocycles. The molecule has 1 aliphatic heterocycles. The van der Waals surface area contributed by atoms with Crippen LogP contribution in [0.1, 0.15) is 82.0 Å². The second-order valence-corrected chi connectivity index (χ2v) is 11.4. The minimum Gasteiger partial charge on any atom is -0.496 e. The van der Waals surface area contributed by atoms with Crippen molar-refractivity contribution in [2.75, 3.05) is 13.7 Å². The maximum absolute atomic E-state index is 14.4. The lowest BCUT2D eigenvalue weighted by atomic mass is 9.83. The van der Waals surface area contributed by atoms with E-state index in [0.717, 1.165) is 5.56 Å². The van der Waals surface area contributed by atoms with Gasteiger partial charge in [0, 0.05) is 24.3 Å². The summed E-state index contributed by atoms with van der Waals surface area (Å²) in [4.78, 5) is 34.4. The minimum absolute atomic E-state index is 0.0626. The predicted octanol–water partition coefficient (Wildman–Crippen LogP) is 5.45. The summed E-state index contributed by atoms with van der Waals surface area (Å²) in [5, 5.41) is 10.5. The molecule has 1 saturated heterocycles. The Balaban J connectivity index is 2.26. The number of hydrogen-bond acceptors (Lipinski definition) is 6. The number of esters is 1. The molecule has 0 radical (unpaired) electrons. The number of benzene rings is 1. The molecule has 1 aromatic heterocycles. The number of pyridine rings is 1. The van der Waals surface area contributed by atoms with Crippen LogP contribution in [0.4, 0.5) is 0 Å². The zero-order valence-electron chi connectivity index (χ0n) is 23.1. The predicted molar refractivity (Wildman–Crippen MR) is 143 cm³/mol. The van der Waals surface area contributed by atoms with E-state index in [1.54, 1.807) is 43.3 Å². The van der Waals surface area contributed by atoms with Gasteiger partial charge in [-0.25, -0.2) is 4.79 Å². The van der Waals surface area contributed by atoms with Gasteiger partial charge in [-0.1, -0.05) is 53.3 Å². The first kappa shape index (κ1) is 28.4. The number of ether oxygens (including phenoxy) is 2. The Bertz CT molecular complexity index is 1140. The van der Waals surface area contributed by atoms with Crippen molar-refractivity contribution in [1.29, 1.82) is 0 Å². The fourth-order valence-corrected chi connectivity index (χ4v) is 5.49. The molecule has 1 N–H and O–H groups in total. The van der Waals surface area contributed by atoms with Crippen molar-refractivity contribution in [3.63, 3.8) is 0 Å². The lowest BCUT2D eigenvalue weighted by Gasteiger charge is -2.40. The van der Waals surface area contributed by atoms with E-state index < -0.39 is 23.5 Å². The molecule has 3 atom stereocenters. The van der Waals surface area contributed by atoms with Crippen molar-refractivity contribution in [3.05, 3.63) is 71.8 Å². The van der Waals surface area contributed by atoms with Gasteiger partial charge >= 0.3 is 5.97 Å². The molecular formula is C30H40N2O5. The number of allylic oxidation sites excluding steroid dienone is 1. The van der Waals surface area contributed by atoms with Crippen LogP contribution in [0.15, 0.2) is 54.9 Å². The molecule has 0 bridgehead atoms. The molecule has 0 unspecified atom stereocenters. The van der Waals surface area contributed by atoms with Crippen LogP contribution in [0.3, 0.4) is 0 Å². The number of aliphatic hydroxyl groups is 1. The van der Waals surface area contributed by atoms with Crippen molar-refractivity contribution >= 4 is 11.9 Å². The van der Waals surface area contributed by atoms with Gasteiger partial charge in [-0.05, 0) is 60.9 Å². The molecule has 1 amide bonds. The molecular weight excluding hydrogens is 468 g/mol. The van der Waals surface area contributed by atoms with E-state index in [4.69, 9.17) is 9.47 Å². The van der Waals surface area contributed by atoms with Crippen molar-refractivity contribution < 1.29 is 24.2 Å². The molecule has 1 fully saturated rings. The van der Waals surface area contributed by atoms with Crippen LogP contribution in [0.5, 0.6) is 5.75 Å². The van der Waals surface area contributed by atoms with Crippen LogP contribution < -0.4 is 4.74 Å². The first-order valence-electron chi connectivity index (χ1n) is 12.8. The maximum Gasteiger partial charge on any atom is 0.337 e. The Kier molecular flexibility index (Phi) is 8.48. The number of nitrogens with zero attached hydrogens (tertiary/aromatic N) is 2. The second kappa shape index (κ2) is 11.1. The Morgan fingerprint density at radius 3 is 2.46 bits per heavy atom. The molecule has 0 aliphatic carbocycles. The summed E-state index contributed by atoms with van der Waals surface area (Å²) >= 11 is 0. The van der Waals surface area contributed by atoms with Gasteiger partial charge in [-0.15, -0.1) is 0 Å². The lowest BCUT2D eigenvalue weighted by Crippen LogP contribution is -2.55. The fourth-order valence-electron chi connectivity index (χ4n) is 5.49. The van der Waals surface area contributed by atoms with Gasteiger partial charge in [-0.2, -0.15) is 0 Å². The highest BCUT2D eigenvalue weighted by Crippen LogP contribution is 2.50. The first-order chi connectivity index (χ1) is 17.4. The summed E-state index contributed by atoms with van der Waals surface area (Å²) in [5.74, 6) is -0.385. The van der Waals surface area contributed by atoms with Crippen molar-refractivity contribution in [2.24, 2.45) is 11.8 Å². The highest BCUT2D eigenvalue weighted by molar-refractivity contribution is 5.99. The third-order valence-corrected chi connectivity index (χ3v) is 6.88. The average Bonchev–Trinajstić information content (AvgIpc) is 3.17. The van der Waals surface area contributed by atoms with E-state index in [9.17, 15) is 14.7 Å². The summed E-state index contributed by atoms with van der Waals surface area (Å²) in [7, 11) is 1.58. The number of aliphatic hydroxyl groups excluding tert-OH is 1. The molecule has 2 aromatic rings. The number of aromatic nitrogens is 1. The number of likely N-dealkylation sites (tertiary alicyclic amines) is 1. The molecule has 3 rings (SSSR count). The molecule has 0 spiro atoms. The van der Waals surface area contributed by atoms with Crippen molar-refractivity contribution in [3.8, 4) is 5.75 Å². The monoisotopic (exact) mass is 508 g/mol. The molecule has 200 valence electrons. The Hall–Kier alpha value is -3.19. The third kappa shape index (κ3) is 5.72. The minimum atomic E-state index is -1.31. The average molecular weight is 509 g/mol. The van der Waals surface area contributed by atoms with Gasteiger partial charge in [0.15, 0.2) is 0 Å². The summed E-state index contributed by atoms with van der Waals surface area (Å²) in [6, 6.07) is 10.3.